The predicted molar refractivity (Wildman–Crippen MR) is 162 cm³/mol. The van der Waals surface area contributed by atoms with E-state index in [4.69, 9.17) is 0 Å². The maximum atomic E-state index is 14.9. The fourth-order valence-corrected chi connectivity index (χ4v) is 6.23. The average Bonchev–Trinajstić information content (AvgIpc) is 3.00. The van der Waals surface area contributed by atoms with Crippen LogP contribution in [0.5, 0.6) is 0 Å². The number of anilines is 1. The molecular formula is C33H34FN3O4S. The standard InChI is InChI=1S/C33H34FN3O4S/c1-3-35-33(39)31(22-26-15-6-4-7-16-26)36(23-27-17-11-12-20-29(27)34)32(38)24-37(30-21-13-10-14-25(30)2)42(40,41)28-18-8-5-9-19-28/h4-21,31H,3,22-24H2,1-2H3,(H,35,39). The van der Waals surface area contributed by atoms with Crippen LogP contribution >= 0.6 is 0 Å². The molecule has 0 bridgehead atoms. The van der Waals surface area contributed by atoms with Gasteiger partial charge in [-0.05, 0) is 49.2 Å². The topological polar surface area (TPSA) is 86.8 Å². The Hall–Kier alpha value is -4.50. The summed E-state index contributed by atoms with van der Waals surface area (Å²) < 4.78 is 43.9. The number of hydrogen-bond acceptors (Lipinski definition) is 4. The van der Waals surface area contributed by atoms with Gasteiger partial charge in [-0.3, -0.25) is 13.9 Å². The number of amides is 2. The number of hydrogen-bond donors (Lipinski definition) is 1. The Morgan fingerprint density at radius 1 is 0.833 bits per heavy atom. The van der Waals surface area contributed by atoms with Crippen LogP contribution in [0.15, 0.2) is 114 Å². The van der Waals surface area contributed by atoms with E-state index in [1.54, 1.807) is 74.5 Å². The Morgan fingerprint density at radius 3 is 2.07 bits per heavy atom. The molecule has 7 nitrogen and oxygen atoms in total. The van der Waals surface area contributed by atoms with Gasteiger partial charge in [0.15, 0.2) is 0 Å². The van der Waals surface area contributed by atoms with Crippen LogP contribution < -0.4 is 9.62 Å². The summed E-state index contributed by atoms with van der Waals surface area (Å²) in [7, 11) is -4.19. The Bertz CT molecular complexity index is 1610. The van der Waals surface area contributed by atoms with E-state index in [0.29, 0.717) is 17.8 Å². The number of sulfonamides is 1. The third-order valence-corrected chi connectivity index (χ3v) is 8.69. The van der Waals surface area contributed by atoms with Gasteiger partial charge >= 0.3 is 0 Å². The third-order valence-electron chi connectivity index (χ3n) is 6.91. The second-order valence-electron chi connectivity index (χ2n) is 9.82. The fourth-order valence-electron chi connectivity index (χ4n) is 4.73. The van der Waals surface area contributed by atoms with Gasteiger partial charge in [-0.1, -0.05) is 84.9 Å². The number of halogens is 1. The minimum Gasteiger partial charge on any atom is -0.355 e. The highest BCUT2D eigenvalue weighted by molar-refractivity contribution is 7.92. The summed E-state index contributed by atoms with van der Waals surface area (Å²) >= 11 is 0. The molecular weight excluding hydrogens is 553 g/mol. The molecule has 0 heterocycles. The minimum atomic E-state index is -4.19. The van der Waals surface area contributed by atoms with E-state index < -0.39 is 40.2 Å². The van der Waals surface area contributed by atoms with Crippen molar-refractivity contribution in [3.05, 3.63) is 132 Å². The monoisotopic (exact) mass is 587 g/mol. The molecule has 0 saturated heterocycles. The number of rotatable bonds is 12. The number of nitrogens with one attached hydrogen (secondary N) is 1. The lowest BCUT2D eigenvalue weighted by atomic mass is 10.0. The molecule has 4 aromatic rings. The largest absolute Gasteiger partial charge is 0.355 e. The van der Waals surface area contributed by atoms with Crippen molar-refractivity contribution >= 4 is 27.5 Å². The lowest BCUT2D eigenvalue weighted by Crippen LogP contribution is -2.53. The Labute approximate surface area is 246 Å². The quantitative estimate of drug-likeness (QED) is 0.250. The number of benzene rings is 4. The second-order valence-corrected chi connectivity index (χ2v) is 11.7. The highest BCUT2D eigenvalue weighted by atomic mass is 32.2. The number of carbonyl (C=O) groups is 2. The number of carbonyl (C=O) groups excluding carboxylic acids is 2. The smallest absolute Gasteiger partial charge is 0.264 e. The molecule has 0 aromatic heterocycles. The molecule has 0 aliphatic rings. The van der Waals surface area contributed by atoms with Gasteiger partial charge in [0.25, 0.3) is 10.0 Å². The lowest BCUT2D eigenvalue weighted by Gasteiger charge is -2.34. The summed E-state index contributed by atoms with van der Waals surface area (Å²) in [6, 6.07) is 28.9. The molecule has 0 fully saturated rings. The molecule has 4 aromatic carbocycles. The first-order valence-corrected chi connectivity index (χ1v) is 15.1. The van der Waals surface area contributed by atoms with Crippen molar-refractivity contribution < 1.29 is 22.4 Å². The maximum Gasteiger partial charge on any atom is 0.264 e. The van der Waals surface area contributed by atoms with E-state index in [1.165, 1.54) is 23.1 Å². The van der Waals surface area contributed by atoms with Crippen LogP contribution in [-0.2, 0) is 32.6 Å². The van der Waals surface area contributed by atoms with E-state index in [0.717, 1.165) is 9.87 Å². The summed E-state index contributed by atoms with van der Waals surface area (Å²) in [4.78, 5) is 29.1. The summed E-state index contributed by atoms with van der Waals surface area (Å²) in [5, 5.41) is 2.79. The van der Waals surface area contributed by atoms with E-state index in [9.17, 15) is 22.4 Å². The summed E-state index contributed by atoms with van der Waals surface area (Å²) in [6.07, 6.45) is 0.155. The van der Waals surface area contributed by atoms with Crippen LogP contribution in [0.25, 0.3) is 0 Å². The van der Waals surface area contributed by atoms with Crippen molar-refractivity contribution in [1.29, 1.82) is 0 Å². The van der Waals surface area contributed by atoms with Crippen LogP contribution in [0.4, 0.5) is 10.1 Å². The van der Waals surface area contributed by atoms with Crippen LogP contribution in [0.1, 0.15) is 23.6 Å². The molecule has 4 rings (SSSR count). The zero-order valence-electron chi connectivity index (χ0n) is 23.6. The van der Waals surface area contributed by atoms with E-state index >= 15 is 0 Å². The lowest BCUT2D eigenvalue weighted by molar-refractivity contribution is -0.140. The zero-order chi connectivity index (χ0) is 30.1. The normalized spacial score (nSPS) is 11.9. The van der Waals surface area contributed by atoms with Crippen molar-refractivity contribution in [3.8, 4) is 0 Å². The molecule has 42 heavy (non-hydrogen) atoms. The SMILES string of the molecule is CCNC(=O)C(Cc1ccccc1)N(Cc1ccccc1F)C(=O)CN(c1ccccc1C)S(=O)(=O)c1ccccc1. The number of likely N-dealkylation sites (N-methyl/N-ethyl adjacent to an activating group) is 1. The Kier molecular flexibility index (Phi) is 10.1. The second kappa shape index (κ2) is 13.9. The van der Waals surface area contributed by atoms with Gasteiger partial charge in [0, 0.05) is 25.1 Å². The van der Waals surface area contributed by atoms with Gasteiger partial charge < -0.3 is 10.2 Å². The van der Waals surface area contributed by atoms with Gasteiger partial charge in [0.05, 0.1) is 10.6 Å². The van der Waals surface area contributed by atoms with Crippen molar-refractivity contribution in [2.24, 2.45) is 0 Å². The first-order valence-electron chi connectivity index (χ1n) is 13.7. The molecule has 0 spiro atoms. The summed E-state index contributed by atoms with van der Waals surface area (Å²) in [5.74, 6) is -1.59. The van der Waals surface area contributed by atoms with Crippen LogP contribution in [0.3, 0.4) is 0 Å². The highest BCUT2D eigenvalue weighted by Crippen LogP contribution is 2.27. The van der Waals surface area contributed by atoms with Gasteiger partial charge in [-0.2, -0.15) is 0 Å². The molecule has 1 N–H and O–H groups in total. The first-order chi connectivity index (χ1) is 20.2. The zero-order valence-corrected chi connectivity index (χ0v) is 24.4. The molecule has 0 aliphatic heterocycles. The van der Waals surface area contributed by atoms with Crippen molar-refractivity contribution in [1.82, 2.24) is 10.2 Å². The molecule has 1 unspecified atom stereocenters. The van der Waals surface area contributed by atoms with Crippen molar-refractivity contribution in [2.75, 3.05) is 17.4 Å². The van der Waals surface area contributed by atoms with E-state index in [1.807, 2.05) is 30.3 Å². The molecule has 0 saturated carbocycles. The fraction of sp³-hybridized carbons (Fsp3) is 0.212. The summed E-state index contributed by atoms with van der Waals surface area (Å²) in [5.41, 5.74) is 1.99. The molecule has 1 atom stereocenters. The highest BCUT2D eigenvalue weighted by Gasteiger charge is 2.35. The predicted octanol–water partition coefficient (Wildman–Crippen LogP) is 5.11. The van der Waals surface area contributed by atoms with Gasteiger partial charge in [0.2, 0.25) is 11.8 Å². The minimum absolute atomic E-state index is 0.0197. The van der Waals surface area contributed by atoms with Gasteiger partial charge in [0.1, 0.15) is 18.4 Å². The van der Waals surface area contributed by atoms with Crippen molar-refractivity contribution in [2.45, 2.75) is 37.8 Å². The summed E-state index contributed by atoms with van der Waals surface area (Å²) in [6.45, 7) is 3.03. The van der Waals surface area contributed by atoms with E-state index in [-0.39, 0.29) is 23.4 Å². The number of aryl methyl sites for hydroxylation is 1. The Balaban J connectivity index is 1.81. The van der Waals surface area contributed by atoms with Gasteiger partial charge in [-0.15, -0.1) is 0 Å². The maximum absolute atomic E-state index is 14.9. The Morgan fingerprint density at radius 2 is 1.43 bits per heavy atom. The molecule has 2 amide bonds. The third kappa shape index (κ3) is 7.22. The number of nitrogens with zero attached hydrogens (tertiary/aromatic N) is 2. The van der Waals surface area contributed by atoms with Crippen LogP contribution in [0.2, 0.25) is 0 Å². The van der Waals surface area contributed by atoms with Crippen LogP contribution in [0, 0.1) is 12.7 Å². The average molecular weight is 588 g/mol. The van der Waals surface area contributed by atoms with Gasteiger partial charge in [-0.25, -0.2) is 12.8 Å². The molecule has 218 valence electrons. The molecule has 0 radical (unpaired) electrons. The van der Waals surface area contributed by atoms with E-state index in [2.05, 4.69) is 5.32 Å². The van der Waals surface area contributed by atoms with Crippen LogP contribution in [-0.4, -0.2) is 44.3 Å². The molecule has 9 heteroatoms. The first kappa shape index (κ1) is 30.5. The molecule has 0 aliphatic carbocycles. The number of para-hydroxylation sites is 1. The van der Waals surface area contributed by atoms with Crippen molar-refractivity contribution in [3.63, 3.8) is 0 Å².